The number of hydrogen-bond donors (Lipinski definition) is 1. The summed E-state index contributed by atoms with van der Waals surface area (Å²) in [5.74, 6) is 0.144. The second-order valence-electron chi connectivity index (χ2n) is 3.82. The maximum absolute atomic E-state index is 11.6. The highest BCUT2D eigenvalue weighted by Gasteiger charge is 2.23. The van der Waals surface area contributed by atoms with E-state index in [2.05, 4.69) is 5.32 Å². The van der Waals surface area contributed by atoms with Crippen LogP contribution in [0, 0.1) is 6.92 Å². The largest absolute Gasteiger partial charge is 0.318 e. The van der Waals surface area contributed by atoms with Crippen molar-refractivity contribution >= 4 is 28.0 Å². The fourth-order valence-electron chi connectivity index (χ4n) is 1.89. The number of hydrogen-bond acceptors (Lipinski definition) is 3. The van der Waals surface area contributed by atoms with E-state index in [-0.39, 0.29) is 11.7 Å². The molecule has 0 radical (unpaired) electrons. The normalized spacial score (nSPS) is 14.9. The summed E-state index contributed by atoms with van der Waals surface area (Å²) in [5, 5.41) is 3.61. The first kappa shape index (κ1) is 10.4. The van der Waals surface area contributed by atoms with Crippen LogP contribution in [0.2, 0.25) is 0 Å². The monoisotopic (exact) mass is 223 g/mol. The van der Waals surface area contributed by atoms with E-state index in [0.29, 0.717) is 6.42 Å². The number of fused-ring (bicyclic) bond motifs is 1. The summed E-state index contributed by atoms with van der Waals surface area (Å²) in [6.07, 6.45) is 2.54. The minimum atomic E-state index is -0.0795. The Balaban J connectivity index is 2.43. The summed E-state index contributed by atoms with van der Waals surface area (Å²) in [6, 6.07) is 0. The maximum atomic E-state index is 11.6. The summed E-state index contributed by atoms with van der Waals surface area (Å²) >= 11 is 1.42. The van der Waals surface area contributed by atoms with Gasteiger partial charge in [-0.25, -0.2) is 0 Å². The number of carbonyl (C=O) groups is 2. The van der Waals surface area contributed by atoms with Gasteiger partial charge in [0, 0.05) is 13.3 Å². The number of rotatable bonds is 1. The fourth-order valence-corrected chi connectivity index (χ4v) is 3.16. The van der Waals surface area contributed by atoms with Crippen LogP contribution >= 0.6 is 11.3 Å². The highest BCUT2D eigenvalue weighted by molar-refractivity contribution is 7.18. The molecule has 80 valence electrons. The molecule has 2 rings (SSSR count). The summed E-state index contributed by atoms with van der Waals surface area (Å²) in [5.41, 5.74) is 2.21. The molecule has 1 aliphatic rings. The molecular formula is C11H13NO2S. The van der Waals surface area contributed by atoms with Crippen LogP contribution in [0.3, 0.4) is 0 Å². The second kappa shape index (κ2) is 3.77. The van der Waals surface area contributed by atoms with Gasteiger partial charge in [-0.15, -0.1) is 11.3 Å². The molecule has 0 saturated carbocycles. The van der Waals surface area contributed by atoms with Crippen LogP contribution in [0.4, 0.5) is 5.00 Å². The van der Waals surface area contributed by atoms with Crippen molar-refractivity contribution in [1.82, 2.24) is 0 Å². The van der Waals surface area contributed by atoms with Gasteiger partial charge in [0.15, 0.2) is 5.78 Å². The number of Topliss-reactive ketones (excluding diaryl/α,β-unsaturated/α-hetero) is 1. The van der Waals surface area contributed by atoms with Crippen LogP contribution in [0.5, 0.6) is 0 Å². The van der Waals surface area contributed by atoms with E-state index >= 15 is 0 Å². The Bertz CT molecular complexity index is 434. The Kier molecular flexibility index (Phi) is 2.61. The van der Waals surface area contributed by atoms with Crippen LogP contribution in [0.25, 0.3) is 0 Å². The molecule has 1 amide bonds. The van der Waals surface area contributed by atoms with Gasteiger partial charge in [-0.2, -0.15) is 0 Å². The average molecular weight is 223 g/mol. The van der Waals surface area contributed by atoms with E-state index in [1.54, 1.807) is 0 Å². The molecule has 0 saturated heterocycles. The first-order valence-corrected chi connectivity index (χ1v) is 5.84. The molecule has 0 spiro atoms. The predicted octanol–water partition coefficient (Wildman–Crippen LogP) is 2.53. The van der Waals surface area contributed by atoms with Crippen molar-refractivity contribution in [3.8, 4) is 0 Å². The number of carbonyl (C=O) groups excluding carboxylic acids is 2. The van der Waals surface area contributed by atoms with E-state index in [4.69, 9.17) is 0 Å². The fraction of sp³-hybridized carbons (Fsp3) is 0.455. The molecule has 0 aliphatic heterocycles. The van der Waals surface area contributed by atoms with E-state index in [1.807, 2.05) is 6.92 Å². The molecule has 0 aromatic carbocycles. The van der Waals surface area contributed by atoms with Crippen molar-refractivity contribution in [1.29, 1.82) is 0 Å². The Morgan fingerprint density at radius 1 is 1.40 bits per heavy atom. The van der Waals surface area contributed by atoms with Crippen LogP contribution in [-0.4, -0.2) is 11.7 Å². The van der Waals surface area contributed by atoms with Crippen molar-refractivity contribution in [2.45, 2.75) is 33.1 Å². The molecule has 0 atom stereocenters. The third-order valence-corrected chi connectivity index (χ3v) is 3.94. The zero-order valence-electron chi connectivity index (χ0n) is 8.85. The zero-order chi connectivity index (χ0) is 11.0. The lowest BCUT2D eigenvalue weighted by molar-refractivity contribution is -0.114. The van der Waals surface area contributed by atoms with Gasteiger partial charge in [0.05, 0.1) is 9.88 Å². The van der Waals surface area contributed by atoms with Crippen LogP contribution < -0.4 is 5.32 Å². The topological polar surface area (TPSA) is 46.2 Å². The zero-order valence-corrected chi connectivity index (χ0v) is 9.66. The lowest BCUT2D eigenvalue weighted by atomic mass is 9.95. The van der Waals surface area contributed by atoms with E-state index < -0.39 is 0 Å². The van der Waals surface area contributed by atoms with Gasteiger partial charge < -0.3 is 5.32 Å². The van der Waals surface area contributed by atoms with Gasteiger partial charge in [-0.3, -0.25) is 9.59 Å². The van der Waals surface area contributed by atoms with Gasteiger partial charge in [0.1, 0.15) is 0 Å². The Labute approximate surface area is 92.5 Å². The van der Waals surface area contributed by atoms with Crippen LogP contribution in [0.15, 0.2) is 0 Å². The van der Waals surface area contributed by atoms with Crippen molar-refractivity contribution in [3.63, 3.8) is 0 Å². The molecule has 3 nitrogen and oxygen atoms in total. The van der Waals surface area contributed by atoms with E-state index in [0.717, 1.165) is 33.8 Å². The molecule has 1 heterocycles. The number of ketones is 1. The number of thiophene rings is 1. The molecule has 1 aliphatic carbocycles. The Hall–Kier alpha value is -1.16. The molecule has 4 heteroatoms. The number of anilines is 1. The van der Waals surface area contributed by atoms with Crippen molar-refractivity contribution in [3.05, 3.63) is 16.0 Å². The maximum Gasteiger partial charge on any atom is 0.221 e. The van der Waals surface area contributed by atoms with Gasteiger partial charge >= 0.3 is 0 Å². The first-order chi connectivity index (χ1) is 7.09. The minimum absolute atomic E-state index is 0.0795. The third-order valence-electron chi connectivity index (χ3n) is 2.64. The average Bonchev–Trinajstić information content (AvgIpc) is 2.46. The second-order valence-corrected chi connectivity index (χ2v) is 4.84. The van der Waals surface area contributed by atoms with Crippen molar-refractivity contribution in [2.24, 2.45) is 0 Å². The molecule has 0 bridgehead atoms. The van der Waals surface area contributed by atoms with Crippen molar-refractivity contribution in [2.75, 3.05) is 5.32 Å². The molecule has 1 N–H and O–H groups in total. The van der Waals surface area contributed by atoms with Crippen LogP contribution in [-0.2, 0) is 11.2 Å². The first-order valence-electron chi connectivity index (χ1n) is 5.02. The summed E-state index contributed by atoms with van der Waals surface area (Å²) in [4.78, 5) is 23.5. The molecular weight excluding hydrogens is 210 g/mol. The predicted molar refractivity (Wildman–Crippen MR) is 60.6 cm³/mol. The Morgan fingerprint density at radius 2 is 2.13 bits per heavy atom. The molecule has 0 fully saturated rings. The highest BCUT2D eigenvalue weighted by atomic mass is 32.1. The smallest absolute Gasteiger partial charge is 0.221 e. The number of amides is 1. The van der Waals surface area contributed by atoms with E-state index in [1.165, 1.54) is 18.3 Å². The lowest BCUT2D eigenvalue weighted by Crippen LogP contribution is -2.08. The summed E-state index contributed by atoms with van der Waals surface area (Å²) in [6.45, 7) is 3.46. The molecule has 1 aromatic heterocycles. The standard InChI is InChI=1S/C11H13NO2S/c1-6-8-4-3-5-9(14)10(8)15-11(6)12-7(2)13/h3-5H2,1-2H3,(H,12,13). The summed E-state index contributed by atoms with van der Waals surface area (Å²) < 4.78 is 0. The lowest BCUT2D eigenvalue weighted by Gasteiger charge is -2.09. The minimum Gasteiger partial charge on any atom is -0.318 e. The van der Waals surface area contributed by atoms with Gasteiger partial charge in [-0.05, 0) is 30.9 Å². The molecule has 0 unspecified atom stereocenters. The van der Waals surface area contributed by atoms with Gasteiger partial charge in [-0.1, -0.05) is 0 Å². The van der Waals surface area contributed by atoms with Crippen LogP contribution in [0.1, 0.15) is 40.6 Å². The van der Waals surface area contributed by atoms with Gasteiger partial charge in [0.2, 0.25) is 5.91 Å². The quantitative estimate of drug-likeness (QED) is 0.795. The number of nitrogens with one attached hydrogen (secondary N) is 1. The third kappa shape index (κ3) is 1.81. The SMILES string of the molecule is CC(=O)Nc1sc2c(c1C)CCCC2=O. The summed E-state index contributed by atoms with van der Waals surface area (Å²) in [7, 11) is 0. The molecule has 15 heavy (non-hydrogen) atoms. The Morgan fingerprint density at radius 3 is 2.73 bits per heavy atom. The van der Waals surface area contributed by atoms with Crippen molar-refractivity contribution < 1.29 is 9.59 Å². The highest BCUT2D eigenvalue weighted by Crippen LogP contribution is 2.37. The van der Waals surface area contributed by atoms with Gasteiger partial charge in [0.25, 0.3) is 0 Å². The molecule has 1 aromatic rings. The van der Waals surface area contributed by atoms with E-state index in [9.17, 15) is 9.59 Å².